The molecule has 0 fully saturated rings. The van der Waals surface area contributed by atoms with E-state index in [0.29, 0.717) is 12.0 Å². The maximum atomic E-state index is 9.88. The van der Waals surface area contributed by atoms with Gasteiger partial charge in [-0.15, -0.1) is 0 Å². The third-order valence-electron chi connectivity index (χ3n) is 4.86. The van der Waals surface area contributed by atoms with E-state index in [0.717, 1.165) is 19.5 Å². The lowest BCUT2D eigenvalue weighted by Gasteiger charge is -2.43. The molecule has 1 aliphatic rings. The minimum atomic E-state index is 0.220. The summed E-state index contributed by atoms with van der Waals surface area (Å²) < 4.78 is 2.36. The van der Waals surface area contributed by atoms with Crippen molar-refractivity contribution in [1.29, 1.82) is 0 Å². The molecule has 2 atom stereocenters. The highest BCUT2D eigenvalue weighted by Gasteiger charge is 2.33. The molecule has 3 nitrogen and oxygen atoms in total. The molecule has 1 aromatic heterocycles. The summed E-state index contributed by atoms with van der Waals surface area (Å²) in [6.07, 6.45) is 3.17. The molecular weight excluding hydrogens is 272 g/mol. The van der Waals surface area contributed by atoms with Crippen molar-refractivity contribution >= 4 is 0 Å². The van der Waals surface area contributed by atoms with Crippen molar-refractivity contribution in [3.8, 4) is 0 Å². The summed E-state index contributed by atoms with van der Waals surface area (Å²) in [5.74, 6) is 0.449. The van der Waals surface area contributed by atoms with Gasteiger partial charge in [-0.1, -0.05) is 44.2 Å². The molecule has 3 rings (SSSR count). The Morgan fingerprint density at radius 1 is 1.09 bits per heavy atom. The van der Waals surface area contributed by atoms with Crippen LogP contribution in [-0.2, 0) is 13.0 Å². The van der Waals surface area contributed by atoms with E-state index in [1.165, 1.54) is 11.3 Å². The lowest BCUT2D eigenvalue weighted by molar-refractivity contribution is 0.0360. The molecular formula is C19H26N2O. The second-order valence-electron chi connectivity index (χ2n) is 6.56. The van der Waals surface area contributed by atoms with E-state index >= 15 is 0 Å². The van der Waals surface area contributed by atoms with Crippen LogP contribution in [0.3, 0.4) is 0 Å². The molecule has 1 N–H and O–H groups in total. The van der Waals surface area contributed by atoms with Crippen LogP contribution in [0.2, 0.25) is 0 Å². The zero-order valence-electron chi connectivity index (χ0n) is 13.5. The van der Waals surface area contributed by atoms with E-state index in [4.69, 9.17) is 0 Å². The fourth-order valence-corrected chi connectivity index (χ4v) is 3.64. The Morgan fingerprint density at radius 3 is 2.55 bits per heavy atom. The zero-order chi connectivity index (χ0) is 15.5. The number of aliphatic hydroxyl groups is 1. The highest BCUT2D eigenvalue weighted by Crippen LogP contribution is 2.32. The summed E-state index contributed by atoms with van der Waals surface area (Å²) in [5, 5.41) is 9.88. The Hall–Kier alpha value is -1.58. The molecule has 118 valence electrons. The van der Waals surface area contributed by atoms with E-state index in [9.17, 15) is 5.11 Å². The van der Waals surface area contributed by atoms with E-state index in [1.807, 2.05) is 0 Å². The molecule has 0 saturated heterocycles. The molecule has 0 aliphatic carbocycles. The summed E-state index contributed by atoms with van der Waals surface area (Å²) in [6.45, 7) is 6.64. The van der Waals surface area contributed by atoms with E-state index in [1.54, 1.807) is 0 Å². The molecule has 0 amide bonds. The van der Waals surface area contributed by atoms with Gasteiger partial charge < -0.3 is 9.67 Å². The first-order valence-electron chi connectivity index (χ1n) is 8.26. The Morgan fingerprint density at radius 2 is 1.86 bits per heavy atom. The molecule has 22 heavy (non-hydrogen) atoms. The van der Waals surface area contributed by atoms with Crippen LogP contribution >= 0.6 is 0 Å². The third-order valence-corrected chi connectivity index (χ3v) is 4.86. The van der Waals surface area contributed by atoms with Crippen molar-refractivity contribution < 1.29 is 5.11 Å². The SMILES string of the molecule is CC(C)[C@@H](CO)N1CCn2cccc2[C@H]1Cc1ccccc1. The van der Waals surface area contributed by atoms with Crippen LogP contribution in [0, 0.1) is 5.92 Å². The van der Waals surface area contributed by atoms with Crippen molar-refractivity contribution in [2.75, 3.05) is 13.2 Å². The number of fused-ring (bicyclic) bond motifs is 1. The summed E-state index contributed by atoms with van der Waals surface area (Å²) in [7, 11) is 0. The van der Waals surface area contributed by atoms with Crippen molar-refractivity contribution in [2.24, 2.45) is 5.92 Å². The van der Waals surface area contributed by atoms with Crippen LogP contribution in [0.1, 0.15) is 31.1 Å². The zero-order valence-corrected chi connectivity index (χ0v) is 13.5. The normalized spacial score (nSPS) is 20.1. The van der Waals surface area contributed by atoms with Crippen molar-refractivity contribution in [2.45, 2.75) is 38.9 Å². The number of nitrogens with zero attached hydrogens (tertiary/aromatic N) is 2. The first kappa shape index (κ1) is 15.3. The number of hydrogen-bond donors (Lipinski definition) is 1. The Kier molecular flexibility index (Phi) is 4.65. The minimum absolute atomic E-state index is 0.220. The first-order chi connectivity index (χ1) is 10.7. The van der Waals surface area contributed by atoms with Gasteiger partial charge in [-0.3, -0.25) is 4.90 Å². The molecule has 2 aromatic rings. The average Bonchev–Trinajstić information content (AvgIpc) is 2.99. The summed E-state index contributed by atoms with van der Waals surface area (Å²) in [5.41, 5.74) is 2.72. The Labute approximate surface area is 133 Å². The number of hydrogen-bond acceptors (Lipinski definition) is 2. The molecule has 0 unspecified atom stereocenters. The van der Waals surface area contributed by atoms with Crippen LogP contribution in [-0.4, -0.2) is 33.8 Å². The van der Waals surface area contributed by atoms with Gasteiger partial charge in [-0.25, -0.2) is 0 Å². The Balaban J connectivity index is 1.92. The number of aromatic nitrogens is 1. The van der Waals surface area contributed by atoms with Gasteiger partial charge in [-0.05, 0) is 30.0 Å². The maximum Gasteiger partial charge on any atom is 0.0589 e. The van der Waals surface area contributed by atoms with Crippen LogP contribution in [0.5, 0.6) is 0 Å². The highest BCUT2D eigenvalue weighted by molar-refractivity contribution is 5.22. The molecule has 0 spiro atoms. The smallest absolute Gasteiger partial charge is 0.0589 e. The molecule has 0 saturated carbocycles. The summed E-state index contributed by atoms with van der Waals surface area (Å²) in [4.78, 5) is 2.51. The largest absolute Gasteiger partial charge is 0.395 e. The van der Waals surface area contributed by atoms with Crippen LogP contribution < -0.4 is 0 Å². The van der Waals surface area contributed by atoms with Gasteiger partial charge in [0, 0.05) is 31.0 Å². The highest BCUT2D eigenvalue weighted by atomic mass is 16.3. The molecule has 0 radical (unpaired) electrons. The van der Waals surface area contributed by atoms with Crippen LogP contribution in [0.15, 0.2) is 48.7 Å². The van der Waals surface area contributed by atoms with Gasteiger partial charge >= 0.3 is 0 Å². The number of benzene rings is 1. The van der Waals surface area contributed by atoms with Crippen molar-refractivity contribution in [3.05, 3.63) is 59.9 Å². The average molecular weight is 298 g/mol. The lowest BCUT2D eigenvalue weighted by atomic mass is 9.94. The quantitative estimate of drug-likeness (QED) is 0.919. The van der Waals surface area contributed by atoms with E-state index < -0.39 is 0 Å². The molecule has 1 aromatic carbocycles. The summed E-state index contributed by atoms with van der Waals surface area (Å²) in [6, 6.07) is 15.6. The second-order valence-corrected chi connectivity index (χ2v) is 6.56. The number of rotatable bonds is 5. The molecule has 3 heteroatoms. The van der Waals surface area contributed by atoms with Gasteiger partial charge in [0.1, 0.15) is 0 Å². The van der Waals surface area contributed by atoms with Crippen molar-refractivity contribution in [3.63, 3.8) is 0 Å². The van der Waals surface area contributed by atoms with E-state index in [-0.39, 0.29) is 12.6 Å². The Bertz CT molecular complexity index is 590. The van der Waals surface area contributed by atoms with Crippen LogP contribution in [0.4, 0.5) is 0 Å². The number of aliphatic hydroxyl groups excluding tert-OH is 1. The van der Waals surface area contributed by atoms with Gasteiger partial charge in [0.15, 0.2) is 0 Å². The van der Waals surface area contributed by atoms with Gasteiger partial charge in [0.05, 0.1) is 12.6 Å². The van der Waals surface area contributed by atoms with Gasteiger partial charge in [0.25, 0.3) is 0 Å². The topological polar surface area (TPSA) is 28.4 Å². The second kappa shape index (κ2) is 6.67. The molecule has 1 aliphatic heterocycles. The minimum Gasteiger partial charge on any atom is -0.395 e. The fraction of sp³-hybridized carbons (Fsp3) is 0.474. The maximum absolute atomic E-state index is 9.88. The third kappa shape index (κ3) is 2.96. The standard InChI is InChI=1S/C19H26N2O/c1-15(2)19(14-22)21-12-11-20-10-6-9-17(20)18(21)13-16-7-4-3-5-8-16/h3-10,15,18-19,22H,11-14H2,1-2H3/t18-,19-/m1/s1. The fourth-order valence-electron chi connectivity index (χ4n) is 3.64. The van der Waals surface area contributed by atoms with E-state index in [2.05, 4.69) is 72.0 Å². The predicted octanol–water partition coefficient (Wildman–Crippen LogP) is 3.10. The monoisotopic (exact) mass is 298 g/mol. The van der Waals surface area contributed by atoms with Gasteiger partial charge in [-0.2, -0.15) is 0 Å². The molecule has 0 bridgehead atoms. The van der Waals surface area contributed by atoms with Gasteiger partial charge in [0.2, 0.25) is 0 Å². The summed E-state index contributed by atoms with van der Waals surface area (Å²) >= 11 is 0. The lowest BCUT2D eigenvalue weighted by Crippen LogP contribution is -2.49. The van der Waals surface area contributed by atoms with Crippen LogP contribution in [0.25, 0.3) is 0 Å². The molecule has 2 heterocycles. The van der Waals surface area contributed by atoms with Crippen molar-refractivity contribution in [1.82, 2.24) is 9.47 Å². The first-order valence-corrected chi connectivity index (χ1v) is 8.26. The predicted molar refractivity (Wildman–Crippen MR) is 89.7 cm³/mol.